The lowest BCUT2D eigenvalue weighted by molar-refractivity contribution is 1.06. The van der Waals surface area contributed by atoms with E-state index in [0.29, 0.717) is 0 Å². The van der Waals surface area contributed by atoms with Crippen molar-refractivity contribution in [1.82, 2.24) is 19.9 Å². The maximum absolute atomic E-state index is 4.63. The van der Waals surface area contributed by atoms with Gasteiger partial charge in [0.05, 0.1) is 22.8 Å². The van der Waals surface area contributed by atoms with Crippen molar-refractivity contribution >= 4 is 63.0 Å². The number of aromatic nitrogens is 4. The monoisotopic (exact) mass is 1280 g/mol. The van der Waals surface area contributed by atoms with Crippen molar-refractivity contribution in [3.63, 3.8) is 0 Å². The van der Waals surface area contributed by atoms with Crippen molar-refractivity contribution in [2.75, 3.05) is 0 Å². The van der Waals surface area contributed by atoms with E-state index < -0.39 is 0 Å². The quantitative estimate of drug-likeness (QED) is 0.152. The summed E-state index contributed by atoms with van der Waals surface area (Å²) in [5.41, 5.74) is 23.6. The molecule has 0 aliphatic heterocycles. The summed E-state index contributed by atoms with van der Waals surface area (Å²) in [4.78, 5) is 18.1. The largest absolute Gasteiger partial charge is 0.253 e. The minimum absolute atomic E-state index is 0.792. The van der Waals surface area contributed by atoms with Crippen LogP contribution in [0.1, 0.15) is 28.3 Å². The van der Waals surface area contributed by atoms with E-state index in [2.05, 4.69) is 276 Å². The number of nitrogens with zero attached hydrogens (tertiary/aromatic N) is 4. The normalized spacial score (nSPS) is 10.7. The van der Waals surface area contributed by atoms with Gasteiger partial charge in [-0.3, -0.25) is 9.97 Å². The standard InChI is InChI=1S/C25H18S.C19H14S.C18H15N.C17H14N2.C12H11N/c1-17-8-5-14-22-23-15-7-13-21(25(23)26-24(17)22)20-12-6-11-19(16-20)18-9-3-2-4-10-18;1-13-7-5-11-16-17-12-6-10-15(19(17)20-18(13)16)14-8-3-2-4-9-14;1-14-12-17(15-8-4-2-5-9-15)13-18(19-14)16-10-6-3-7-11-16;1-13-18-16(14-8-4-2-5-9-14)12-17(19-13)15-10-6-3-7-11-15;1-10-6-5-9-12(13-10)11-7-3-2-4-8-11/h2-16H,1H3;2-12H,1H3;2-13H,1H3;2-12H,1H3;2-9H,1H3. The summed E-state index contributed by atoms with van der Waals surface area (Å²) >= 11 is 3.82. The van der Waals surface area contributed by atoms with E-state index in [-0.39, 0.29) is 0 Å². The number of hydrogen-bond donors (Lipinski definition) is 0. The first-order valence-electron chi connectivity index (χ1n) is 32.8. The van der Waals surface area contributed by atoms with Gasteiger partial charge in [-0.15, -0.1) is 22.7 Å². The van der Waals surface area contributed by atoms with Gasteiger partial charge in [-0.1, -0.05) is 309 Å². The smallest absolute Gasteiger partial charge is 0.126 e. The third-order valence-corrected chi connectivity index (χ3v) is 19.7. The first kappa shape index (κ1) is 64.2. The lowest BCUT2D eigenvalue weighted by Crippen LogP contribution is -1.94. The molecule has 17 rings (SSSR count). The Bertz CT molecular complexity index is 5190. The molecule has 6 heteroatoms. The predicted octanol–water partition coefficient (Wildman–Crippen LogP) is 25.6. The van der Waals surface area contributed by atoms with Crippen LogP contribution in [0.4, 0.5) is 0 Å². The molecule has 17 aromatic rings. The molecule has 5 aromatic heterocycles. The molecular weight excluding hydrogens is 1210 g/mol. The van der Waals surface area contributed by atoms with E-state index in [1.54, 1.807) is 0 Å². The Morgan fingerprint density at radius 3 is 0.979 bits per heavy atom. The van der Waals surface area contributed by atoms with Crippen molar-refractivity contribution in [1.29, 1.82) is 0 Å². The maximum Gasteiger partial charge on any atom is 0.126 e. The second kappa shape index (κ2) is 30.7. The molecule has 0 fully saturated rings. The fraction of sp³-hybridized carbons (Fsp3) is 0.0549. The van der Waals surface area contributed by atoms with Gasteiger partial charge in [-0.2, -0.15) is 0 Å². The molecule has 0 aliphatic carbocycles. The zero-order valence-electron chi connectivity index (χ0n) is 55.0. The highest BCUT2D eigenvalue weighted by Gasteiger charge is 2.14. The van der Waals surface area contributed by atoms with Crippen molar-refractivity contribution in [3.8, 4) is 89.5 Å². The molecule has 468 valence electrons. The first-order valence-corrected chi connectivity index (χ1v) is 34.4. The Kier molecular flexibility index (Phi) is 20.3. The summed E-state index contributed by atoms with van der Waals surface area (Å²) in [6.07, 6.45) is 0. The van der Waals surface area contributed by atoms with Gasteiger partial charge in [-0.25, -0.2) is 9.97 Å². The molecule has 12 aromatic carbocycles. The molecule has 0 unspecified atom stereocenters. The Labute approximate surface area is 577 Å². The highest BCUT2D eigenvalue weighted by Crippen LogP contribution is 2.43. The van der Waals surface area contributed by atoms with Crippen LogP contribution in [-0.4, -0.2) is 19.9 Å². The van der Waals surface area contributed by atoms with E-state index in [9.17, 15) is 0 Å². The van der Waals surface area contributed by atoms with Crippen molar-refractivity contribution in [2.45, 2.75) is 34.6 Å². The first-order chi connectivity index (χ1) is 47.7. The van der Waals surface area contributed by atoms with Crippen molar-refractivity contribution in [3.05, 3.63) is 374 Å². The van der Waals surface area contributed by atoms with E-state index >= 15 is 0 Å². The topological polar surface area (TPSA) is 51.6 Å². The average molecular weight is 1290 g/mol. The Balaban J connectivity index is 0.000000111. The van der Waals surface area contributed by atoms with E-state index in [4.69, 9.17) is 0 Å². The number of hydrogen-bond acceptors (Lipinski definition) is 6. The molecule has 0 radical (unpaired) electrons. The summed E-state index contributed by atoms with van der Waals surface area (Å²) in [5, 5.41) is 5.47. The Morgan fingerprint density at radius 1 is 0.196 bits per heavy atom. The molecule has 0 spiro atoms. The summed E-state index contributed by atoms with van der Waals surface area (Å²) in [6, 6.07) is 120. The SMILES string of the molecule is Cc1cc(-c2ccccc2)cc(-c2ccccc2)n1.Cc1cccc(-c2ccccc2)n1.Cc1cccc2c1sc1c(-c3cccc(-c4ccccc4)c3)cccc12.Cc1cccc2c1sc1c(-c3ccccc3)cccc12.Cc1nc(-c2ccccc2)cc(-c2ccccc2)n1. The molecule has 0 N–H and O–H groups in total. The van der Waals surface area contributed by atoms with Gasteiger partial charge < -0.3 is 0 Å². The van der Waals surface area contributed by atoms with E-state index in [1.165, 1.54) is 102 Å². The molecule has 5 heterocycles. The molecule has 0 atom stereocenters. The van der Waals surface area contributed by atoms with Crippen LogP contribution in [-0.2, 0) is 0 Å². The second-order valence-corrected chi connectivity index (χ2v) is 25.9. The van der Waals surface area contributed by atoms with Gasteiger partial charge >= 0.3 is 0 Å². The van der Waals surface area contributed by atoms with Crippen LogP contribution in [0.25, 0.3) is 130 Å². The van der Waals surface area contributed by atoms with Crippen LogP contribution in [0.15, 0.2) is 346 Å². The maximum atomic E-state index is 4.63. The van der Waals surface area contributed by atoms with Crippen molar-refractivity contribution < 1.29 is 0 Å². The Hall–Kier alpha value is -11.5. The minimum Gasteiger partial charge on any atom is -0.253 e. The van der Waals surface area contributed by atoms with E-state index in [1.807, 2.05) is 147 Å². The highest BCUT2D eigenvalue weighted by molar-refractivity contribution is 7.27. The van der Waals surface area contributed by atoms with Crippen LogP contribution < -0.4 is 0 Å². The van der Waals surface area contributed by atoms with Gasteiger partial charge in [0.2, 0.25) is 0 Å². The zero-order chi connectivity index (χ0) is 66.3. The third-order valence-electron chi connectivity index (χ3n) is 16.9. The third kappa shape index (κ3) is 15.5. The van der Waals surface area contributed by atoms with Crippen LogP contribution in [0, 0.1) is 34.6 Å². The van der Waals surface area contributed by atoms with Gasteiger partial charge in [0.25, 0.3) is 0 Å². The number of aryl methyl sites for hydroxylation is 5. The molecular formula is C91H72N4S2. The van der Waals surface area contributed by atoms with Gasteiger partial charge in [0.15, 0.2) is 0 Å². The number of benzene rings is 12. The number of thiophene rings is 2. The summed E-state index contributed by atoms with van der Waals surface area (Å²) in [5.74, 6) is 0.792. The number of pyridine rings is 2. The molecule has 0 aliphatic rings. The van der Waals surface area contributed by atoms with E-state index in [0.717, 1.165) is 56.7 Å². The summed E-state index contributed by atoms with van der Waals surface area (Å²) < 4.78 is 5.57. The molecule has 0 saturated heterocycles. The average Bonchev–Trinajstić information content (AvgIpc) is 1.65. The summed E-state index contributed by atoms with van der Waals surface area (Å²) in [6.45, 7) is 10.4. The fourth-order valence-electron chi connectivity index (χ4n) is 12.1. The molecule has 0 saturated carbocycles. The molecule has 4 nitrogen and oxygen atoms in total. The minimum atomic E-state index is 0.792. The fourth-order valence-corrected chi connectivity index (χ4v) is 14.7. The van der Waals surface area contributed by atoms with Crippen LogP contribution in [0.5, 0.6) is 0 Å². The van der Waals surface area contributed by atoms with Gasteiger partial charge in [0.1, 0.15) is 5.82 Å². The summed E-state index contributed by atoms with van der Waals surface area (Å²) in [7, 11) is 0. The van der Waals surface area contributed by atoms with Gasteiger partial charge in [0, 0.05) is 74.0 Å². The molecule has 0 bridgehead atoms. The van der Waals surface area contributed by atoms with Crippen molar-refractivity contribution in [2.24, 2.45) is 0 Å². The second-order valence-electron chi connectivity index (χ2n) is 23.8. The van der Waals surface area contributed by atoms with Crippen LogP contribution in [0.3, 0.4) is 0 Å². The lowest BCUT2D eigenvalue weighted by atomic mass is 9.98. The predicted molar refractivity (Wildman–Crippen MR) is 416 cm³/mol. The number of fused-ring (bicyclic) bond motifs is 6. The molecule has 97 heavy (non-hydrogen) atoms. The Morgan fingerprint density at radius 2 is 0.526 bits per heavy atom. The molecule has 0 amide bonds. The lowest BCUT2D eigenvalue weighted by Gasteiger charge is -2.07. The zero-order valence-corrected chi connectivity index (χ0v) is 56.6. The van der Waals surface area contributed by atoms with Crippen LogP contribution >= 0.6 is 22.7 Å². The number of rotatable bonds is 8. The highest BCUT2D eigenvalue weighted by atomic mass is 32.1. The van der Waals surface area contributed by atoms with Crippen LogP contribution in [0.2, 0.25) is 0 Å². The van der Waals surface area contributed by atoms with Gasteiger partial charge in [-0.05, 0) is 127 Å².